The highest BCUT2D eigenvalue weighted by Gasteiger charge is 2.26. The van der Waals surface area contributed by atoms with E-state index in [1.54, 1.807) is 0 Å². The Kier molecular flexibility index (Phi) is 5.61. The number of amides is 1. The first-order valence-electron chi connectivity index (χ1n) is 8.52. The van der Waals surface area contributed by atoms with Gasteiger partial charge in [0.15, 0.2) is 9.84 Å². The van der Waals surface area contributed by atoms with Crippen LogP contribution < -0.4 is 0 Å². The minimum Gasteiger partial charge on any atom is -0.447 e. The van der Waals surface area contributed by atoms with Crippen LogP contribution in [0.2, 0.25) is 0 Å². The third-order valence-corrected chi connectivity index (χ3v) is 6.29. The van der Waals surface area contributed by atoms with E-state index < -0.39 is 22.0 Å². The number of carbonyl (C=O) groups excluding carboxylic acids is 1. The van der Waals surface area contributed by atoms with Crippen molar-refractivity contribution in [2.45, 2.75) is 19.1 Å². The van der Waals surface area contributed by atoms with E-state index in [9.17, 15) is 18.3 Å². The van der Waals surface area contributed by atoms with Gasteiger partial charge >= 0.3 is 6.09 Å². The van der Waals surface area contributed by atoms with Gasteiger partial charge in [-0.25, -0.2) is 13.2 Å². The molecule has 1 aromatic rings. The van der Waals surface area contributed by atoms with E-state index in [-0.39, 0.29) is 31.2 Å². The second-order valence-electron chi connectivity index (χ2n) is 6.62. The Morgan fingerprint density at radius 2 is 1.84 bits per heavy atom. The summed E-state index contributed by atoms with van der Waals surface area (Å²) in [6.45, 7) is 2.31. The molecule has 1 atom stereocenters. The third-order valence-electron chi connectivity index (χ3n) is 4.68. The van der Waals surface area contributed by atoms with Crippen molar-refractivity contribution in [3.63, 3.8) is 0 Å². The highest BCUT2D eigenvalue weighted by atomic mass is 32.2. The molecule has 1 fully saturated rings. The van der Waals surface area contributed by atoms with Gasteiger partial charge in [-0.2, -0.15) is 0 Å². The van der Waals surface area contributed by atoms with Gasteiger partial charge in [-0.1, -0.05) is 24.3 Å². The lowest BCUT2D eigenvalue weighted by molar-refractivity contribution is 0.0281. The fraction of sp³-hybridized carbons (Fsp3) is 0.588. The second-order valence-corrected chi connectivity index (χ2v) is 8.93. The van der Waals surface area contributed by atoms with Gasteiger partial charge in [0.1, 0.15) is 12.7 Å². The van der Waals surface area contributed by atoms with Gasteiger partial charge in [0.25, 0.3) is 0 Å². The van der Waals surface area contributed by atoms with Gasteiger partial charge in [0.05, 0.1) is 11.5 Å². The summed E-state index contributed by atoms with van der Waals surface area (Å²) in [7, 11) is -3.03. The molecule has 1 unspecified atom stereocenters. The molecule has 7 nitrogen and oxygen atoms in total. The van der Waals surface area contributed by atoms with Crippen molar-refractivity contribution < 1.29 is 23.1 Å². The molecule has 0 spiro atoms. The minimum atomic E-state index is -3.03. The maximum absolute atomic E-state index is 12.0. The second kappa shape index (κ2) is 7.72. The van der Waals surface area contributed by atoms with E-state index in [4.69, 9.17) is 4.74 Å². The molecular weight excluding hydrogens is 344 g/mol. The fourth-order valence-electron chi connectivity index (χ4n) is 3.21. The average Bonchev–Trinajstić information content (AvgIpc) is 2.59. The standard InChI is InChI=1S/C17H24N2O5S/c20-16(12-18-6-5-14-3-1-2-4-15(14)11-18)13-24-17(21)19-7-9-25(22,23)10-8-19/h1-4,16,20H,5-13H2. The van der Waals surface area contributed by atoms with Crippen LogP contribution in [0.5, 0.6) is 0 Å². The number of ether oxygens (including phenoxy) is 1. The van der Waals surface area contributed by atoms with Crippen molar-refractivity contribution in [3.8, 4) is 0 Å². The van der Waals surface area contributed by atoms with Crippen LogP contribution in [-0.4, -0.2) is 79.8 Å². The van der Waals surface area contributed by atoms with Crippen LogP contribution in [-0.2, 0) is 27.5 Å². The lowest BCUT2D eigenvalue weighted by Crippen LogP contribution is -2.45. The van der Waals surface area contributed by atoms with E-state index in [1.807, 2.05) is 12.1 Å². The van der Waals surface area contributed by atoms with Crippen molar-refractivity contribution in [1.82, 2.24) is 9.80 Å². The van der Waals surface area contributed by atoms with Gasteiger partial charge < -0.3 is 14.7 Å². The number of fused-ring (bicyclic) bond motifs is 1. The number of β-amino-alcohol motifs (C(OH)–C–C–N with tert-alkyl or cyclic N) is 1. The number of hydrogen-bond donors (Lipinski definition) is 1. The van der Waals surface area contributed by atoms with Crippen molar-refractivity contribution >= 4 is 15.9 Å². The van der Waals surface area contributed by atoms with Crippen LogP contribution in [0.3, 0.4) is 0 Å². The van der Waals surface area contributed by atoms with Crippen LogP contribution in [0.4, 0.5) is 4.79 Å². The highest BCUT2D eigenvalue weighted by Crippen LogP contribution is 2.18. The molecule has 0 radical (unpaired) electrons. The maximum Gasteiger partial charge on any atom is 0.409 e. The average molecular weight is 368 g/mol. The summed E-state index contributed by atoms with van der Waals surface area (Å²) in [5.74, 6) is -0.0598. The molecule has 0 bridgehead atoms. The van der Waals surface area contributed by atoms with E-state index in [0.717, 1.165) is 19.5 Å². The number of rotatable bonds is 4. The molecule has 8 heteroatoms. The predicted molar refractivity (Wildman–Crippen MR) is 93.0 cm³/mol. The minimum absolute atomic E-state index is 0.0299. The largest absolute Gasteiger partial charge is 0.447 e. The summed E-state index contributed by atoms with van der Waals surface area (Å²) < 4.78 is 27.9. The first kappa shape index (κ1) is 18.2. The zero-order chi connectivity index (χ0) is 17.9. The zero-order valence-corrected chi connectivity index (χ0v) is 15.0. The Balaban J connectivity index is 1.41. The highest BCUT2D eigenvalue weighted by molar-refractivity contribution is 7.91. The monoisotopic (exact) mass is 368 g/mol. The molecule has 0 aromatic heterocycles. The van der Waals surface area contributed by atoms with E-state index >= 15 is 0 Å². The number of aliphatic hydroxyl groups excluding tert-OH is 1. The quantitative estimate of drug-likeness (QED) is 0.821. The van der Waals surface area contributed by atoms with Gasteiger partial charge in [-0.15, -0.1) is 0 Å². The van der Waals surface area contributed by atoms with Crippen molar-refractivity contribution in [2.24, 2.45) is 0 Å². The zero-order valence-electron chi connectivity index (χ0n) is 14.1. The molecule has 3 rings (SSSR count). The summed E-state index contributed by atoms with van der Waals surface area (Å²) in [4.78, 5) is 15.5. The first-order chi connectivity index (χ1) is 11.9. The van der Waals surface area contributed by atoms with Gasteiger partial charge in [0.2, 0.25) is 0 Å². The molecule has 0 aliphatic carbocycles. The molecule has 1 saturated heterocycles. The fourth-order valence-corrected chi connectivity index (χ4v) is 4.42. The molecule has 1 amide bonds. The van der Waals surface area contributed by atoms with Crippen LogP contribution in [0.25, 0.3) is 0 Å². The van der Waals surface area contributed by atoms with Gasteiger partial charge in [-0.05, 0) is 17.5 Å². The van der Waals surface area contributed by atoms with E-state index in [1.165, 1.54) is 16.0 Å². The Bertz CT molecular complexity index is 708. The number of aliphatic hydroxyl groups is 1. The number of sulfone groups is 1. The number of hydrogen-bond acceptors (Lipinski definition) is 6. The smallest absolute Gasteiger partial charge is 0.409 e. The molecule has 1 aromatic carbocycles. The molecule has 138 valence electrons. The lowest BCUT2D eigenvalue weighted by atomic mass is 10.00. The normalized spacial score (nSPS) is 21.4. The molecule has 25 heavy (non-hydrogen) atoms. The molecule has 2 aliphatic rings. The Hall–Kier alpha value is -1.64. The summed E-state index contributed by atoms with van der Waals surface area (Å²) in [5, 5.41) is 10.1. The van der Waals surface area contributed by atoms with Crippen molar-refractivity contribution in [2.75, 3.05) is 44.3 Å². The van der Waals surface area contributed by atoms with Gasteiger partial charge in [0, 0.05) is 32.7 Å². The summed E-state index contributed by atoms with van der Waals surface area (Å²) >= 11 is 0. The molecule has 0 saturated carbocycles. The first-order valence-corrected chi connectivity index (χ1v) is 10.3. The predicted octanol–water partition coefficient (Wildman–Crippen LogP) is 0.273. The Morgan fingerprint density at radius 1 is 1.16 bits per heavy atom. The van der Waals surface area contributed by atoms with Crippen molar-refractivity contribution in [3.05, 3.63) is 35.4 Å². The van der Waals surface area contributed by atoms with E-state index in [0.29, 0.717) is 6.54 Å². The molecular formula is C17H24N2O5S. The van der Waals surface area contributed by atoms with Crippen LogP contribution in [0.1, 0.15) is 11.1 Å². The Morgan fingerprint density at radius 3 is 2.56 bits per heavy atom. The topological polar surface area (TPSA) is 87.2 Å². The number of carbonyl (C=O) groups is 1. The summed E-state index contributed by atoms with van der Waals surface area (Å²) in [6.07, 6.45) is -0.369. The van der Waals surface area contributed by atoms with Crippen LogP contribution in [0.15, 0.2) is 24.3 Å². The summed E-state index contributed by atoms with van der Waals surface area (Å²) in [6, 6.07) is 8.27. The molecule has 2 aliphatic heterocycles. The number of nitrogens with zero attached hydrogens (tertiary/aromatic N) is 2. The lowest BCUT2D eigenvalue weighted by Gasteiger charge is -2.30. The molecule has 1 N–H and O–H groups in total. The molecule has 2 heterocycles. The van der Waals surface area contributed by atoms with E-state index in [2.05, 4.69) is 17.0 Å². The summed E-state index contributed by atoms with van der Waals surface area (Å²) in [5.41, 5.74) is 2.62. The van der Waals surface area contributed by atoms with Crippen LogP contribution >= 0.6 is 0 Å². The SMILES string of the molecule is O=C(OCC(O)CN1CCc2ccccc2C1)N1CCS(=O)(=O)CC1. The maximum atomic E-state index is 12.0. The van der Waals surface area contributed by atoms with Gasteiger partial charge in [-0.3, -0.25) is 4.90 Å². The Labute approximate surface area is 148 Å². The van der Waals surface area contributed by atoms with Crippen LogP contribution in [0, 0.1) is 0 Å². The number of benzene rings is 1. The van der Waals surface area contributed by atoms with Crippen molar-refractivity contribution in [1.29, 1.82) is 0 Å². The third kappa shape index (κ3) is 4.93.